The lowest BCUT2D eigenvalue weighted by molar-refractivity contribution is -0.151. The molecule has 0 unspecified atom stereocenters. The minimum atomic E-state index is -0.129. The van der Waals surface area contributed by atoms with Crippen molar-refractivity contribution in [1.82, 2.24) is 4.90 Å². The van der Waals surface area contributed by atoms with Crippen molar-refractivity contribution in [2.24, 2.45) is 5.73 Å². The smallest absolute Gasteiger partial charge is 0.320 e. The fourth-order valence-corrected chi connectivity index (χ4v) is 1.69. The number of carbonyl (C=O) groups is 1. The molecule has 0 aromatic carbocycles. The first kappa shape index (κ1) is 11.5. The Kier molecular flexibility index (Phi) is 4.35. The number of carbonyl (C=O) groups excluding carboxylic acids is 1. The molecule has 0 amide bonds. The highest BCUT2D eigenvalue weighted by atomic mass is 16.5. The Bertz CT molecular complexity index is 187. The van der Waals surface area contributed by atoms with Crippen molar-refractivity contribution in [1.29, 1.82) is 0 Å². The third-order valence-electron chi connectivity index (χ3n) is 2.46. The maximum absolute atomic E-state index is 11.3. The van der Waals surface area contributed by atoms with E-state index in [-0.39, 0.29) is 12.1 Å². The van der Waals surface area contributed by atoms with E-state index < -0.39 is 0 Å². The Labute approximate surface area is 85.4 Å². The van der Waals surface area contributed by atoms with Crippen molar-refractivity contribution in [3.05, 3.63) is 0 Å². The van der Waals surface area contributed by atoms with Crippen LogP contribution in [0.3, 0.4) is 0 Å². The molecule has 14 heavy (non-hydrogen) atoms. The zero-order chi connectivity index (χ0) is 10.6. The molecule has 0 saturated heterocycles. The molecule has 0 heterocycles. The van der Waals surface area contributed by atoms with Crippen LogP contribution in [0.25, 0.3) is 0 Å². The van der Waals surface area contributed by atoms with Gasteiger partial charge in [0, 0.05) is 6.04 Å². The molecule has 4 heteroatoms. The van der Waals surface area contributed by atoms with E-state index in [0.29, 0.717) is 12.6 Å². The predicted molar refractivity (Wildman–Crippen MR) is 54.9 cm³/mol. The largest absolute Gasteiger partial charge is 0.461 e. The van der Waals surface area contributed by atoms with Gasteiger partial charge >= 0.3 is 5.97 Å². The molecule has 0 aromatic rings. The number of hydrogen-bond acceptors (Lipinski definition) is 4. The molecule has 1 aliphatic rings. The van der Waals surface area contributed by atoms with E-state index in [1.807, 2.05) is 19.0 Å². The fraction of sp³-hybridized carbons (Fsp3) is 0.900. The first-order valence-corrected chi connectivity index (χ1v) is 5.17. The normalized spacial score (nSPS) is 27.7. The first-order chi connectivity index (χ1) is 6.58. The van der Waals surface area contributed by atoms with Gasteiger partial charge in [0.2, 0.25) is 0 Å². The van der Waals surface area contributed by atoms with Gasteiger partial charge in [-0.3, -0.25) is 9.69 Å². The lowest BCUT2D eigenvalue weighted by atomic mass is 9.94. The summed E-state index contributed by atoms with van der Waals surface area (Å²) < 4.78 is 5.31. The Balaban J connectivity index is 2.20. The van der Waals surface area contributed by atoms with E-state index in [0.717, 1.165) is 25.7 Å². The average Bonchev–Trinajstić information content (AvgIpc) is 2.07. The number of nitrogens with two attached hydrogens (primary N) is 1. The second-order valence-electron chi connectivity index (χ2n) is 4.26. The molecule has 1 fully saturated rings. The summed E-state index contributed by atoms with van der Waals surface area (Å²) in [5.74, 6) is -0.129. The van der Waals surface area contributed by atoms with Crippen molar-refractivity contribution in [2.45, 2.75) is 37.8 Å². The molecule has 0 aromatic heterocycles. The minimum Gasteiger partial charge on any atom is -0.461 e. The zero-order valence-corrected chi connectivity index (χ0v) is 9.03. The van der Waals surface area contributed by atoms with Crippen LogP contribution in [0.5, 0.6) is 0 Å². The molecule has 0 spiro atoms. The molecule has 1 saturated carbocycles. The van der Waals surface area contributed by atoms with Crippen molar-refractivity contribution in [3.63, 3.8) is 0 Å². The van der Waals surface area contributed by atoms with Gasteiger partial charge in [-0.1, -0.05) is 0 Å². The van der Waals surface area contributed by atoms with Crippen LogP contribution >= 0.6 is 0 Å². The predicted octanol–water partition coefficient (Wildman–Crippen LogP) is 0.361. The quantitative estimate of drug-likeness (QED) is 0.668. The van der Waals surface area contributed by atoms with Gasteiger partial charge in [-0.25, -0.2) is 0 Å². The number of esters is 1. The number of likely N-dealkylation sites (N-methyl/N-ethyl adjacent to an activating group) is 1. The molecule has 82 valence electrons. The van der Waals surface area contributed by atoms with Crippen LogP contribution in [0.2, 0.25) is 0 Å². The highest BCUT2D eigenvalue weighted by Gasteiger charge is 2.21. The van der Waals surface area contributed by atoms with Gasteiger partial charge in [0.25, 0.3) is 0 Å². The zero-order valence-electron chi connectivity index (χ0n) is 9.03. The van der Waals surface area contributed by atoms with Gasteiger partial charge in [0.05, 0.1) is 6.54 Å². The van der Waals surface area contributed by atoms with Crippen LogP contribution in [0, 0.1) is 0 Å². The highest BCUT2D eigenvalue weighted by molar-refractivity contribution is 5.71. The lowest BCUT2D eigenvalue weighted by Gasteiger charge is -2.26. The van der Waals surface area contributed by atoms with E-state index in [4.69, 9.17) is 10.5 Å². The van der Waals surface area contributed by atoms with Crippen molar-refractivity contribution < 1.29 is 9.53 Å². The Morgan fingerprint density at radius 3 is 2.43 bits per heavy atom. The summed E-state index contributed by atoms with van der Waals surface area (Å²) in [4.78, 5) is 13.1. The maximum Gasteiger partial charge on any atom is 0.320 e. The third kappa shape index (κ3) is 4.07. The summed E-state index contributed by atoms with van der Waals surface area (Å²) in [5.41, 5.74) is 5.76. The molecule has 1 rings (SSSR count). The molecule has 0 bridgehead atoms. The summed E-state index contributed by atoms with van der Waals surface area (Å²) in [6, 6.07) is 0.304. The Morgan fingerprint density at radius 2 is 1.93 bits per heavy atom. The molecule has 0 radical (unpaired) electrons. The molecular weight excluding hydrogens is 180 g/mol. The average molecular weight is 200 g/mol. The number of rotatable bonds is 3. The summed E-state index contributed by atoms with van der Waals surface area (Å²) in [6.07, 6.45) is 3.88. The minimum absolute atomic E-state index is 0.0993. The van der Waals surface area contributed by atoms with Gasteiger partial charge in [0.1, 0.15) is 6.10 Å². The van der Waals surface area contributed by atoms with Crippen LogP contribution in [0.4, 0.5) is 0 Å². The number of nitrogens with zero attached hydrogens (tertiary/aromatic N) is 1. The molecule has 4 nitrogen and oxygen atoms in total. The van der Waals surface area contributed by atoms with E-state index >= 15 is 0 Å². The topological polar surface area (TPSA) is 55.6 Å². The van der Waals surface area contributed by atoms with Crippen molar-refractivity contribution in [2.75, 3.05) is 20.6 Å². The van der Waals surface area contributed by atoms with Gasteiger partial charge in [-0.2, -0.15) is 0 Å². The van der Waals surface area contributed by atoms with E-state index in [1.54, 1.807) is 0 Å². The van der Waals surface area contributed by atoms with Crippen LogP contribution in [-0.4, -0.2) is 43.7 Å². The fourth-order valence-electron chi connectivity index (χ4n) is 1.69. The van der Waals surface area contributed by atoms with Crippen LogP contribution < -0.4 is 5.73 Å². The summed E-state index contributed by atoms with van der Waals surface area (Å²) >= 11 is 0. The van der Waals surface area contributed by atoms with Gasteiger partial charge in [0.15, 0.2) is 0 Å². The lowest BCUT2D eigenvalue weighted by Crippen LogP contribution is -2.33. The highest BCUT2D eigenvalue weighted by Crippen LogP contribution is 2.19. The van der Waals surface area contributed by atoms with E-state index in [9.17, 15) is 4.79 Å². The third-order valence-corrected chi connectivity index (χ3v) is 2.46. The van der Waals surface area contributed by atoms with Gasteiger partial charge in [-0.05, 0) is 39.8 Å². The number of ether oxygens (including phenoxy) is 1. The van der Waals surface area contributed by atoms with Gasteiger partial charge < -0.3 is 10.5 Å². The van der Waals surface area contributed by atoms with Crippen LogP contribution in [-0.2, 0) is 9.53 Å². The van der Waals surface area contributed by atoms with Crippen molar-refractivity contribution >= 4 is 5.97 Å². The number of hydrogen-bond donors (Lipinski definition) is 1. The molecule has 1 aliphatic carbocycles. The molecule has 2 N–H and O–H groups in total. The second-order valence-corrected chi connectivity index (χ2v) is 4.26. The van der Waals surface area contributed by atoms with E-state index in [1.165, 1.54) is 0 Å². The summed E-state index contributed by atoms with van der Waals surface area (Å²) in [7, 11) is 3.72. The summed E-state index contributed by atoms with van der Waals surface area (Å²) in [5, 5.41) is 0. The van der Waals surface area contributed by atoms with Crippen LogP contribution in [0.1, 0.15) is 25.7 Å². The van der Waals surface area contributed by atoms with Crippen molar-refractivity contribution in [3.8, 4) is 0 Å². The van der Waals surface area contributed by atoms with Gasteiger partial charge in [-0.15, -0.1) is 0 Å². The monoisotopic (exact) mass is 200 g/mol. The molecule has 0 aliphatic heterocycles. The Hall–Kier alpha value is -0.610. The standard InChI is InChI=1S/C10H20N2O2/c1-12(2)7-10(13)14-9-5-3-8(11)4-6-9/h8-9H,3-7,11H2,1-2H3/t8-,9-. The Morgan fingerprint density at radius 1 is 1.36 bits per heavy atom. The van der Waals surface area contributed by atoms with Crippen LogP contribution in [0.15, 0.2) is 0 Å². The second kappa shape index (κ2) is 5.32. The maximum atomic E-state index is 11.3. The van der Waals surface area contributed by atoms with E-state index in [2.05, 4.69) is 0 Å². The first-order valence-electron chi connectivity index (χ1n) is 5.17. The summed E-state index contributed by atoms with van der Waals surface area (Å²) in [6.45, 7) is 0.364. The SMILES string of the molecule is CN(C)CC(=O)O[C@H]1CC[C@H](N)CC1. The molecular formula is C10H20N2O2. The molecule has 0 atom stereocenters.